The van der Waals surface area contributed by atoms with E-state index in [1.54, 1.807) is 0 Å². The Bertz CT molecular complexity index is 1450. The molecule has 0 spiro atoms. The number of aliphatic carboxylic acids is 1. The van der Waals surface area contributed by atoms with Crippen LogP contribution in [0.4, 0.5) is 0 Å². The Hall–Kier alpha value is -2.47. The van der Waals surface area contributed by atoms with Gasteiger partial charge in [-0.15, -0.1) is 0 Å². The Morgan fingerprint density at radius 1 is 0.935 bits per heavy atom. The third-order valence-corrected chi connectivity index (χ3v) is 15.1. The molecule has 5 aliphatic rings. The van der Waals surface area contributed by atoms with Crippen LogP contribution in [0.1, 0.15) is 112 Å². The van der Waals surface area contributed by atoms with Gasteiger partial charge in [0.25, 0.3) is 0 Å². The van der Waals surface area contributed by atoms with Gasteiger partial charge in [-0.05, 0) is 108 Å². The SMILES string of the molecule is C[C@@H]1C[C@]2(C)CC[C@](C)(C(=O)N[C@H](Cc3ccccc3)C(=O)O)C[C@@]2(C)C2=CC(=O)[C@H]3[C@]4(C)CC[C@H](O)C(C)(C)[C@@H]4CC[C@@]3(C)[C@H]21. The highest BCUT2D eigenvalue weighted by atomic mass is 16.4. The third-order valence-electron chi connectivity index (χ3n) is 15.1. The third kappa shape index (κ3) is 4.70. The molecule has 252 valence electrons. The van der Waals surface area contributed by atoms with E-state index in [4.69, 9.17) is 0 Å². The van der Waals surface area contributed by atoms with Crippen molar-refractivity contribution in [3.05, 3.63) is 47.5 Å². The van der Waals surface area contributed by atoms with Crippen LogP contribution in [0, 0.1) is 56.2 Å². The highest BCUT2D eigenvalue weighted by molar-refractivity contribution is 5.95. The molecule has 4 fully saturated rings. The second-order valence-electron chi connectivity index (χ2n) is 18.3. The number of aliphatic hydroxyl groups is 1. The standard InChI is InChI=1S/C40H57NO5/c1-24-22-37(5)19-18-36(4,34(46)41-27(33(44)45)20-25-12-10-9-11-13-25)23-40(37,8)26-21-28(42)32-38(6)17-15-30(43)35(2,3)29(38)14-16-39(32,7)31(24)26/h9-13,21,24,27,29-32,43H,14-20,22-23H2,1-8H3,(H,41,46)(H,44,45)/t24-,27-,29+,30+,31+,32+,36+,37+,38-,39+,40+/m1/s1. The zero-order chi connectivity index (χ0) is 33.7. The molecule has 3 N–H and O–H groups in total. The molecule has 0 bridgehead atoms. The second-order valence-corrected chi connectivity index (χ2v) is 18.3. The maximum atomic E-state index is 14.7. The van der Waals surface area contributed by atoms with Crippen LogP contribution in [0.5, 0.6) is 0 Å². The molecule has 6 rings (SSSR count). The maximum absolute atomic E-state index is 14.7. The van der Waals surface area contributed by atoms with E-state index >= 15 is 0 Å². The molecule has 0 heterocycles. The number of hydrogen-bond donors (Lipinski definition) is 3. The summed E-state index contributed by atoms with van der Waals surface area (Å²) in [6, 6.07) is 8.45. The van der Waals surface area contributed by atoms with Crippen molar-refractivity contribution < 1.29 is 24.6 Å². The Morgan fingerprint density at radius 2 is 1.59 bits per heavy atom. The quantitative estimate of drug-likeness (QED) is 0.315. The van der Waals surface area contributed by atoms with Gasteiger partial charge in [0.05, 0.1) is 6.10 Å². The normalized spacial score (nSPS) is 45.2. The maximum Gasteiger partial charge on any atom is 0.326 e. The summed E-state index contributed by atoms with van der Waals surface area (Å²) < 4.78 is 0. The van der Waals surface area contributed by atoms with Crippen LogP contribution in [0.3, 0.4) is 0 Å². The van der Waals surface area contributed by atoms with Gasteiger partial charge < -0.3 is 15.5 Å². The molecule has 6 heteroatoms. The average Bonchev–Trinajstić information content (AvgIpc) is 2.96. The van der Waals surface area contributed by atoms with Crippen molar-refractivity contribution in [1.82, 2.24) is 5.32 Å². The summed E-state index contributed by atoms with van der Waals surface area (Å²) in [5.74, 6) is -0.110. The summed E-state index contributed by atoms with van der Waals surface area (Å²) >= 11 is 0. The van der Waals surface area contributed by atoms with Crippen molar-refractivity contribution in [3.8, 4) is 0 Å². The molecule has 0 aromatic heterocycles. The summed E-state index contributed by atoms with van der Waals surface area (Å²) in [5.41, 5.74) is 0.360. The molecular formula is C40H57NO5. The van der Waals surface area contributed by atoms with E-state index in [2.05, 4.69) is 53.8 Å². The van der Waals surface area contributed by atoms with Gasteiger partial charge in [0.15, 0.2) is 5.78 Å². The molecule has 0 unspecified atom stereocenters. The van der Waals surface area contributed by atoms with E-state index in [-0.39, 0.29) is 63.1 Å². The largest absolute Gasteiger partial charge is 0.480 e. The molecule has 5 aliphatic carbocycles. The van der Waals surface area contributed by atoms with Crippen molar-refractivity contribution in [2.45, 2.75) is 125 Å². The van der Waals surface area contributed by atoms with Crippen LogP contribution in [0.15, 0.2) is 42.0 Å². The van der Waals surface area contributed by atoms with Gasteiger partial charge in [0, 0.05) is 17.8 Å². The number of amides is 1. The molecule has 46 heavy (non-hydrogen) atoms. The van der Waals surface area contributed by atoms with E-state index in [0.717, 1.165) is 44.1 Å². The van der Waals surface area contributed by atoms with Gasteiger partial charge in [-0.2, -0.15) is 0 Å². The molecule has 1 aromatic carbocycles. The van der Waals surface area contributed by atoms with Gasteiger partial charge in [0.2, 0.25) is 5.91 Å². The fraction of sp³-hybridized carbons (Fsp3) is 0.725. The van der Waals surface area contributed by atoms with Crippen LogP contribution >= 0.6 is 0 Å². The molecule has 4 saturated carbocycles. The monoisotopic (exact) mass is 631 g/mol. The predicted octanol–water partition coefficient (Wildman–Crippen LogP) is 7.39. The van der Waals surface area contributed by atoms with Gasteiger partial charge in [-0.1, -0.05) is 91.3 Å². The molecule has 11 atom stereocenters. The minimum atomic E-state index is -1.03. The molecule has 0 aliphatic heterocycles. The van der Waals surface area contributed by atoms with Gasteiger partial charge in [-0.25, -0.2) is 4.79 Å². The van der Waals surface area contributed by atoms with Crippen LogP contribution < -0.4 is 5.32 Å². The molecule has 1 aromatic rings. The first-order valence-electron chi connectivity index (χ1n) is 17.8. The van der Waals surface area contributed by atoms with Crippen LogP contribution in [-0.4, -0.2) is 40.0 Å². The highest BCUT2D eigenvalue weighted by Crippen LogP contribution is 2.75. The molecule has 0 saturated heterocycles. The topological polar surface area (TPSA) is 104 Å². The lowest BCUT2D eigenvalue weighted by Gasteiger charge is -2.70. The fourth-order valence-electron chi connectivity index (χ4n) is 12.7. The summed E-state index contributed by atoms with van der Waals surface area (Å²) in [4.78, 5) is 41.1. The number of carboxylic acid groups (broad SMARTS) is 1. The minimum absolute atomic E-state index is 0.0632. The fourth-order valence-corrected chi connectivity index (χ4v) is 12.7. The van der Waals surface area contributed by atoms with Gasteiger partial charge >= 0.3 is 5.97 Å². The van der Waals surface area contributed by atoms with Gasteiger partial charge in [-0.3, -0.25) is 9.59 Å². The van der Waals surface area contributed by atoms with Crippen molar-refractivity contribution in [1.29, 1.82) is 0 Å². The van der Waals surface area contributed by atoms with Crippen molar-refractivity contribution in [2.75, 3.05) is 0 Å². The first-order valence-corrected chi connectivity index (χ1v) is 17.8. The summed E-state index contributed by atoms with van der Waals surface area (Å²) in [6.45, 7) is 18.2. The van der Waals surface area contributed by atoms with E-state index in [0.29, 0.717) is 24.7 Å². The lowest BCUT2D eigenvalue weighted by molar-refractivity contribution is -0.197. The zero-order valence-corrected chi connectivity index (χ0v) is 29.4. The number of benzene rings is 1. The highest BCUT2D eigenvalue weighted by Gasteiger charge is 2.70. The van der Waals surface area contributed by atoms with Crippen molar-refractivity contribution in [3.63, 3.8) is 0 Å². The number of ketones is 1. The van der Waals surface area contributed by atoms with Crippen molar-refractivity contribution >= 4 is 17.7 Å². The summed E-state index contributed by atoms with van der Waals surface area (Å²) in [5, 5.41) is 24.0. The number of aliphatic hydroxyl groups excluding tert-OH is 1. The van der Waals surface area contributed by atoms with E-state index in [1.165, 1.54) is 5.57 Å². The second kappa shape index (κ2) is 10.8. The molecular weight excluding hydrogens is 574 g/mol. The Labute approximate surface area is 276 Å². The van der Waals surface area contributed by atoms with Crippen LogP contribution in [-0.2, 0) is 20.8 Å². The predicted molar refractivity (Wildman–Crippen MR) is 180 cm³/mol. The molecule has 1 amide bonds. The lowest BCUT2D eigenvalue weighted by Crippen LogP contribution is -2.66. The zero-order valence-electron chi connectivity index (χ0n) is 29.4. The number of carbonyl (C=O) groups excluding carboxylic acids is 2. The first-order chi connectivity index (χ1) is 21.3. The smallest absolute Gasteiger partial charge is 0.326 e. The average molecular weight is 632 g/mol. The number of carboxylic acids is 1. The van der Waals surface area contributed by atoms with Gasteiger partial charge in [0.1, 0.15) is 6.04 Å². The number of rotatable bonds is 5. The Kier molecular flexibility index (Phi) is 7.83. The van der Waals surface area contributed by atoms with Crippen LogP contribution in [0.2, 0.25) is 0 Å². The van der Waals surface area contributed by atoms with Crippen molar-refractivity contribution in [2.24, 2.45) is 56.2 Å². The number of nitrogens with one attached hydrogen (secondary N) is 1. The van der Waals surface area contributed by atoms with E-state index < -0.39 is 17.4 Å². The number of fused-ring (bicyclic) bond motifs is 7. The lowest BCUT2D eigenvalue weighted by atomic mass is 9.33. The summed E-state index contributed by atoms with van der Waals surface area (Å²) in [6.07, 6.45) is 8.73. The van der Waals surface area contributed by atoms with Crippen LogP contribution in [0.25, 0.3) is 0 Å². The number of hydrogen-bond acceptors (Lipinski definition) is 4. The molecule has 0 radical (unpaired) electrons. The Morgan fingerprint density at radius 3 is 2.24 bits per heavy atom. The number of carbonyl (C=O) groups is 3. The molecule has 6 nitrogen and oxygen atoms in total. The van der Waals surface area contributed by atoms with E-state index in [9.17, 15) is 24.6 Å². The summed E-state index contributed by atoms with van der Waals surface area (Å²) in [7, 11) is 0. The minimum Gasteiger partial charge on any atom is -0.480 e. The van der Waals surface area contributed by atoms with E-state index in [1.807, 2.05) is 43.3 Å². The first kappa shape index (κ1) is 33.4. The Balaban J connectivity index is 1.35. The number of allylic oxidation sites excluding steroid dienone is 2.